The van der Waals surface area contributed by atoms with Crippen molar-refractivity contribution in [2.75, 3.05) is 5.32 Å². The van der Waals surface area contributed by atoms with Crippen LogP contribution in [0, 0.1) is 6.92 Å². The van der Waals surface area contributed by atoms with Gasteiger partial charge in [0, 0.05) is 15.0 Å². The van der Waals surface area contributed by atoms with Crippen LogP contribution in [0.1, 0.15) is 31.2 Å². The number of thiocarbonyl (C=S) groups is 1. The Morgan fingerprint density at radius 2 is 1.78 bits per heavy atom. The molecule has 1 aromatic carbocycles. The van der Waals surface area contributed by atoms with Gasteiger partial charge in [-0.05, 0) is 81.5 Å². The van der Waals surface area contributed by atoms with E-state index in [9.17, 15) is 0 Å². The van der Waals surface area contributed by atoms with Gasteiger partial charge in [-0.1, -0.05) is 12.8 Å². The van der Waals surface area contributed by atoms with Crippen molar-refractivity contribution in [3.05, 3.63) is 26.6 Å². The largest absolute Gasteiger partial charge is 0.360 e. The standard InChI is InChI=1S/C13H16Br2N2S/c1-8-6-10(14)12(11(15)7-8)17-13(18)16-9-4-2-3-5-9/h6-7,9H,2-5H2,1H3,(H2,16,17,18). The number of nitrogens with one attached hydrogen (secondary N) is 2. The van der Waals surface area contributed by atoms with Crippen molar-refractivity contribution in [1.29, 1.82) is 0 Å². The van der Waals surface area contributed by atoms with Gasteiger partial charge in [-0.15, -0.1) is 0 Å². The zero-order chi connectivity index (χ0) is 13.1. The summed E-state index contributed by atoms with van der Waals surface area (Å²) in [6, 6.07) is 4.68. The Kier molecular flexibility index (Phi) is 5.04. The van der Waals surface area contributed by atoms with Crippen LogP contribution in [-0.2, 0) is 0 Å². The molecule has 1 fully saturated rings. The summed E-state index contributed by atoms with van der Waals surface area (Å²) in [6.45, 7) is 2.06. The first kappa shape index (κ1) is 14.3. The minimum atomic E-state index is 0.535. The van der Waals surface area contributed by atoms with E-state index in [0.717, 1.165) is 14.6 Å². The third-order valence-corrected chi connectivity index (χ3v) is 4.59. The van der Waals surface area contributed by atoms with Gasteiger partial charge in [0.15, 0.2) is 5.11 Å². The SMILES string of the molecule is Cc1cc(Br)c(NC(=S)NC2CCCC2)c(Br)c1. The molecule has 98 valence electrons. The molecule has 1 aromatic rings. The van der Waals surface area contributed by atoms with Gasteiger partial charge in [-0.2, -0.15) is 0 Å². The molecule has 1 saturated carbocycles. The molecule has 0 amide bonds. The Morgan fingerprint density at radius 3 is 2.33 bits per heavy atom. The zero-order valence-electron chi connectivity index (χ0n) is 10.2. The van der Waals surface area contributed by atoms with Crippen LogP contribution in [0.2, 0.25) is 0 Å². The van der Waals surface area contributed by atoms with Gasteiger partial charge in [-0.25, -0.2) is 0 Å². The van der Waals surface area contributed by atoms with Crippen LogP contribution in [0.25, 0.3) is 0 Å². The van der Waals surface area contributed by atoms with Crippen molar-refractivity contribution < 1.29 is 0 Å². The summed E-state index contributed by atoms with van der Waals surface area (Å²) in [5, 5.41) is 7.34. The van der Waals surface area contributed by atoms with E-state index in [4.69, 9.17) is 12.2 Å². The number of benzene rings is 1. The lowest BCUT2D eigenvalue weighted by molar-refractivity contribution is 0.634. The van der Waals surface area contributed by atoms with Crippen LogP contribution in [-0.4, -0.2) is 11.2 Å². The lowest BCUT2D eigenvalue weighted by Crippen LogP contribution is -2.36. The van der Waals surface area contributed by atoms with E-state index < -0.39 is 0 Å². The Balaban J connectivity index is 2.02. The average molecular weight is 392 g/mol. The Morgan fingerprint density at radius 1 is 1.22 bits per heavy atom. The fourth-order valence-electron chi connectivity index (χ4n) is 2.22. The van der Waals surface area contributed by atoms with E-state index in [1.165, 1.54) is 31.2 Å². The predicted molar refractivity (Wildman–Crippen MR) is 88.2 cm³/mol. The van der Waals surface area contributed by atoms with Crippen LogP contribution in [0.3, 0.4) is 0 Å². The molecule has 0 heterocycles. The monoisotopic (exact) mass is 390 g/mol. The number of halogens is 2. The number of hydrogen-bond donors (Lipinski definition) is 2. The molecule has 0 radical (unpaired) electrons. The van der Waals surface area contributed by atoms with Gasteiger partial charge in [0.1, 0.15) is 0 Å². The van der Waals surface area contributed by atoms with Gasteiger partial charge in [0.25, 0.3) is 0 Å². The highest BCUT2D eigenvalue weighted by molar-refractivity contribution is 9.11. The van der Waals surface area contributed by atoms with E-state index in [-0.39, 0.29) is 0 Å². The van der Waals surface area contributed by atoms with Crippen molar-refractivity contribution >= 4 is 54.9 Å². The Labute approximate surface area is 130 Å². The second kappa shape index (κ2) is 6.35. The minimum absolute atomic E-state index is 0.535. The Hall–Kier alpha value is -0.130. The first-order valence-electron chi connectivity index (χ1n) is 6.09. The molecule has 0 atom stereocenters. The highest BCUT2D eigenvalue weighted by Gasteiger charge is 2.16. The lowest BCUT2D eigenvalue weighted by atomic mass is 10.2. The molecule has 1 aliphatic rings. The van der Waals surface area contributed by atoms with Crippen molar-refractivity contribution in [1.82, 2.24) is 5.32 Å². The minimum Gasteiger partial charge on any atom is -0.360 e. The summed E-state index contributed by atoms with van der Waals surface area (Å²) >= 11 is 12.5. The van der Waals surface area contributed by atoms with Gasteiger partial charge in [0.2, 0.25) is 0 Å². The van der Waals surface area contributed by atoms with Crippen molar-refractivity contribution in [3.8, 4) is 0 Å². The topological polar surface area (TPSA) is 24.1 Å². The van der Waals surface area contributed by atoms with Crippen LogP contribution in [0.5, 0.6) is 0 Å². The molecule has 0 bridgehead atoms. The second-order valence-electron chi connectivity index (χ2n) is 4.68. The number of hydrogen-bond acceptors (Lipinski definition) is 1. The molecule has 18 heavy (non-hydrogen) atoms. The first-order chi connectivity index (χ1) is 8.56. The third kappa shape index (κ3) is 3.68. The second-order valence-corrected chi connectivity index (χ2v) is 6.80. The molecule has 0 unspecified atom stereocenters. The van der Waals surface area contributed by atoms with E-state index in [2.05, 4.69) is 61.5 Å². The van der Waals surface area contributed by atoms with Gasteiger partial charge in [-0.3, -0.25) is 0 Å². The first-order valence-corrected chi connectivity index (χ1v) is 8.09. The quantitative estimate of drug-likeness (QED) is 0.711. The van der Waals surface area contributed by atoms with Gasteiger partial charge in [0.05, 0.1) is 5.69 Å². The van der Waals surface area contributed by atoms with E-state index in [0.29, 0.717) is 11.2 Å². The molecule has 0 aromatic heterocycles. The maximum atomic E-state index is 5.36. The van der Waals surface area contributed by atoms with E-state index in [1.807, 2.05) is 0 Å². The highest BCUT2D eigenvalue weighted by atomic mass is 79.9. The molecule has 1 aliphatic carbocycles. The fourth-order valence-corrected chi connectivity index (χ4v) is 4.11. The molecular weight excluding hydrogens is 376 g/mol. The van der Waals surface area contributed by atoms with Crippen molar-refractivity contribution in [3.63, 3.8) is 0 Å². The third-order valence-electron chi connectivity index (χ3n) is 3.12. The molecule has 0 saturated heterocycles. The van der Waals surface area contributed by atoms with Crippen LogP contribution >= 0.6 is 44.1 Å². The van der Waals surface area contributed by atoms with Gasteiger partial charge < -0.3 is 10.6 Å². The fraction of sp³-hybridized carbons (Fsp3) is 0.462. The van der Waals surface area contributed by atoms with Crippen molar-refractivity contribution in [2.45, 2.75) is 38.6 Å². The summed E-state index contributed by atoms with van der Waals surface area (Å²) in [5.41, 5.74) is 2.19. The Bertz CT molecular complexity index is 433. The van der Waals surface area contributed by atoms with Crippen LogP contribution in [0.15, 0.2) is 21.1 Å². The van der Waals surface area contributed by atoms with Crippen LogP contribution in [0.4, 0.5) is 5.69 Å². The normalized spacial score (nSPS) is 15.7. The molecule has 2 N–H and O–H groups in total. The molecule has 0 aliphatic heterocycles. The molecular formula is C13H16Br2N2S. The summed E-state index contributed by atoms with van der Waals surface area (Å²) in [5.74, 6) is 0. The molecule has 5 heteroatoms. The molecule has 2 rings (SSSR count). The number of anilines is 1. The zero-order valence-corrected chi connectivity index (χ0v) is 14.2. The summed E-state index contributed by atoms with van der Waals surface area (Å²) in [7, 11) is 0. The van der Waals surface area contributed by atoms with Crippen LogP contribution < -0.4 is 10.6 Å². The number of aryl methyl sites for hydroxylation is 1. The van der Waals surface area contributed by atoms with E-state index in [1.54, 1.807) is 0 Å². The smallest absolute Gasteiger partial charge is 0.171 e. The maximum absolute atomic E-state index is 5.36. The average Bonchev–Trinajstić information content (AvgIpc) is 2.76. The van der Waals surface area contributed by atoms with Gasteiger partial charge >= 0.3 is 0 Å². The molecule has 0 spiro atoms. The van der Waals surface area contributed by atoms with Crippen molar-refractivity contribution in [2.24, 2.45) is 0 Å². The molecule has 2 nitrogen and oxygen atoms in total. The predicted octanol–water partition coefficient (Wildman–Crippen LogP) is 4.75. The van der Waals surface area contributed by atoms with E-state index >= 15 is 0 Å². The maximum Gasteiger partial charge on any atom is 0.171 e. The lowest BCUT2D eigenvalue weighted by Gasteiger charge is -2.17. The summed E-state index contributed by atoms with van der Waals surface area (Å²) in [6.07, 6.45) is 5.05. The highest BCUT2D eigenvalue weighted by Crippen LogP contribution is 2.32. The summed E-state index contributed by atoms with van der Waals surface area (Å²) in [4.78, 5) is 0. The number of rotatable bonds is 2. The summed E-state index contributed by atoms with van der Waals surface area (Å²) < 4.78 is 2.04.